The number of fused-ring (bicyclic) bond motifs is 1. The minimum Gasteiger partial charge on any atom is -0.477 e. The first-order chi connectivity index (χ1) is 8.90. The molecule has 0 saturated heterocycles. The van der Waals surface area contributed by atoms with Crippen LogP contribution in [0, 0.1) is 0 Å². The molecule has 1 unspecified atom stereocenters. The first-order valence-electron chi connectivity index (χ1n) is 5.87. The number of carbonyl (C=O) groups excluding carboxylic acids is 1. The van der Waals surface area contributed by atoms with Crippen molar-refractivity contribution < 1.29 is 24.6 Å². The van der Waals surface area contributed by atoms with Gasteiger partial charge in [-0.2, -0.15) is 0 Å². The second kappa shape index (κ2) is 4.75. The Morgan fingerprint density at radius 1 is 1.16 bits per heavy atom. The number of hydrogen-bond donors (Lipinski definition) is 4. The van der Waals surface area contributed by atoms with Crippen molar-refractivity contribution in [3.63, 3.8) is 0 Å². The molecule has 7 heteroatoms. The fourth-order valence-electron chi connectivity index (χ4n) is 2.52. The van der Waals surface area contributed by atoms with Crippen LogP contribution in [0.4, 0.5) is 0 Å². The molecular weight excluding hydrogens is 252 g/mol. The first-order valence-corrected chi connectivity index (χ1v) is 5.87. The predicted octanol–water partition coefficient (Wildman–Crippen LogP) is 0.405. The van der Waals surface area contributed by atoms with E-state index in [1.54, 1.807) is 0 Å². The second-order valence-electron chi connectivity index (χ2n) is 4.58. The van der Waals surface area contributed by atoms with Gasteiger partial charge in [0.15, 0.2) is 0 Å². The molecule has 1 aromatic heterocycles. The van der Waals surface area contributed by atoms with E-state index in [1.165, 1.54) is 6.92 Å². The van der Waals surface area contributed by atoms with Gasteiger partial charge in [-0.1, -0.05) is 0 Å². The van der Waals surface area contributed by atoms with Gasteiger partial charge in [-0.3, -0.25) is 4.79 Å². The van der Waals surface area contributed by atoms with Gasteiger partial charge in [0.05, 0.1) is 0 Å². The lowest BCUT2D eigenvalue weighted by atomic mass is 9.88. The highest BCUT2D eigenvalue weighted by atomic mass is 16.4. The van der Waals surface area contributed by atoms with Crippen molar-refractivity contribution in [2.75, 3.05) is 0 Å². The summed E-state index contributed by atoms with van der Waals surface area (Å²) in [7, 11) is 0. The third-order valence-corrected chi connectivity index (χ3v) is 3.25. The lowest BCUT2D eigenvalue weighted by Crippen LogP contribution is -2.37. The molecule has 0 aromatic carbocycles. The van der Waals surface area contributed by atoms with Gasteiger partial charge < -0.3 is 20.5 Å². The molecule has 1 amide bonds. The van der Waals surface area contributed by atoms with Crippen LogP contribution in [0.2, 0.25) is 0 Å². The molecule has 1 heterocycles. The van der Waals surface area contributed by atoms with E-state index >= 15 is 0 Å². The van der Waals surface area contributed by atoms with Crippen molar-refractivity contribution in [2.45, 2.75) is 32.2 Å². The molecule has 1 aliphatic rings. The smallest absolute Gasteiger partial charge is 0.352 e. The average molecular weight is 266 g/mol. The maximum Gasteiger partial charge on any atom is 0.352 e. The van der Waals surface area contributed by atoms with Crippen LogP contribution in [-0.4, -0.2) is 39.1 Å². The number of rotatable bonds is 3. The molecule has 1 aliphatic carbocycles. The largest absolute Gasteiger partial charge is 0.477 e. The summed E-state index contributed by atoms with van der Waals surface area (Å²) in [5, 5.41) is 20.9. The van der Waals surface area contributed by atoms with Crippen molar-refractivity contribution >= 4 is 17.8 Å². The zero-order valence-electron chi connectivity index (χ0n) is 10.3. The molecule has 19 heavy (non-hydrogen) atoms. The number of carboxylic acid groups (broad SMARTS) is 2. The predicted molar refractivity (Wildman–Crippen MR) is 64.3 cm³/mol. The molecule has 1 atom stereocenters. The fourth-order valence-corrected chi connectivity index (χ4v) is 2.52. The molecule has 0 spiro atoms. The van der Waals surface area contributed by atoms with E-state index in [-0.39, 0.29) is 23.3 Å². The highest BCUT2D eigenvalue weighted by Gasteiger charge is 2.30. The normalized spacial score (nSPS) is 17.6. The van der Waals surface area contributed by atoms with Crippen LogP contribution in [0.3, 0.4) is 0 Å². The van der Waals surface area contributed by atoms with Gasteiger partial charge in [0, 0.05) is 13.0 Å². The van der Waals surface area contributed by atoms with Gasteiger partial charge in [-0.15, -0.1) is 0 Å². The van der Waals surface area contributed by atoms with Gasteiger partial charge in [0.1, 0.15) is 11.4 Å². The highest BCUT2D eigenvalue weighted by molar-refractivity contribution is 5.94. The fraction of sp³-hybridized carbons (Fsp3) is 0.417. The summed E-state index contributed by atoms with van der Waals surface area (Å²) in [4.78, 5) is 35.7. The van der Waals surface area contributed by atoms with Crippen LogP contribution in [-0.2, 0) is 17.6 Å². The van der Waals surface area contributed by atoms with Crippen LogP contribution in [0.25, 0.3) is 0 Å². The van der Waals surface area contributed by atoms with Gasteiger partial charge in [-0.05, 0) is 30.4 Å². The van der Waals surface area contributed by atoms with Gasteiger partial charge >= 0.3 is 11.9 Å². The summed E-state index contributed by atoms with van der Waals surface area (Å²) in [6.45, 7) is 1.40. The van der Waals surface area contributed by atoms with E-state index in [4.69, 9.17) is 10.2 Å². The molecule has 2 rings (SSSR count). The number of amides is 1. The average Bonchev–Trinajstić information content (AvgIpc) is 2.66. The van der Waals surface area contributed by atoms with Gasteiger partial charge in [0.25, 0.3) is 0 Å². The Morgan fingerprint density at radius 2 is 1.74 bits per heavy atom. The molecular formula is C12H14N2O5. The first kappa shape index (κ1) is 13.1. The zero-order valence-corrected chi connectivity index (χ0v) is 10.3. The number of nitrogens with one attached hydrogen (secondary N) is 2. The molecule has 4 N–H and O–H groups in total. The minimum absolute atomic E-state index is 0.0614. The number of carboxylic acids is 2. The second-order valence-corrected chi connectivity index (χ2v) is 4.58. The van der Waals surface area contributed by atoms with E-state index in [2.05, 4.69) is 10.3 Å². The minimum atomic E-state index is -1.19. The van der Waals surface area contributed by atoms with Crippen molar-refractivity contribution in [2.24, 2.45) is 0 Å². The van der Waals surface area contributed by atoms with Gasteiger partial charge in [0.2, 0.25) is 5.91 Å². The van der Waals surface area contributed by atoms with E-state index < -0.39 is 11.9 Å². The molecule has 102 valence electrons. The van der Waals surface area contributed by atoms with E-state index in [0.29, 0.717) is 30.4 Å². The number of carbonyl (C=O) groups is 3. The maximum atomic E-state index is 11.1. The van der Waals surface area contributed by atoms with E-state index in [9.17, 15) is 14.4 Å². The molecule has 0 fully saturated rings. The number of aromatic amines is 1. The maximum absolute atomic E-state index is 11.1. The molecule has 0 saturated carbocycles. The SMILES string of the molecule is CC(=O)NC1CCc2c(C(=O)O)[nH]c(C(=O)O)c2C1. The van der Waals surface area contributed by atoms with Gasteiger partial charge in [-0.25, -0.2) is 9.59 Å². The van der Waals surface area contributed by atoms with Crippen LogP contribution in [0.5, 0.6) is 0 Å². The third kappa shape index (κ3) is 2.44. The summed E-state index contributed by atoms with van der Waals surface area (Å²) in [5.41, 5.74) is 0.859. The summed E-state index contributed by atoms with van der Waals surface area (Å²) < 4.78 is 0. The Hall–Kier alpha value is -2.31. The molecule has 1 aromatic rings. The standard InChI is InChI=1S/C12H14N2O5/c1-5(15)13-6-2-3-7-8(4-6)10(12(18)19)14-9(7)11(16)17/h6,14H,2-4H2,1H3,(H,13,15)(H,16,17)(H,18,19). The lowest BCUT2D eigenvalue weighted by Gasteiger charge is -2.23. The molecule has 0 radical (unpaired) electrons. The molecule has 0 aliphatic heterocycles. The Balaban J connectivity index is 2.39. The Bertz CT molecular complexity index is 561. The number of hydrogen-bond acceptors (Lipinski definition) is 3. The van der Waals surface area contributed by atoms with E-state index in [1.807, 2.05) is 0 Å². The zero-order chi connectivity index (χ0) is 14.2. The Morgan fingerprint density at radius 3 is 2.26 bits per heavy atom. The molecule has 0 bridgehead atoms. The van der Waals surface area contributed by atoms with Crippen molar-refractivity contribution in [3.05, 3.63) is 22.5 Å². The Kier molecular flexibility index (Phi) is 3.28. The lowest BCUT2D eigenvalue weighted by molar-refractivity contribution is -0.119. The highest BCUT2D eigenvalue weighted by Crippen LogP contribution is 2.28. The number of aromatic nitrogens is 1. The summed E-state index contributed by atoms with van der Waals surface area (Å²) in [6.07, 6.45) is 1.37. The summed E-state index contributed by atoms with van der Waals surface area (Å²) >= 11 is 0. The number of aromatic carboxylic acids is 2. The quantitative estimate of drug-likeness (QED) is 0.631. The summed E-state index contributed by atoms with van der Waals surface area (Å²) in [6, 6.07) is -0.152. The third-order valence-electron chi connectivity index (χ3n) is 3.25. The van der Waals surface area contributed by atoms with Crippen molar-refractivity contribution in [1.29, 1.82) is 0 Å². The topological polar surface area (TPSA) is 119 Å². The Labute approximate surface area is 108 Å². The van der Waals surface area contributed by atoms with Crippen LogP contribution in [0.1, 0.15) is 45.4 Å². The van der Waals surface area contributed by atoms with Crippen molar-refractivity contribution in [1.82, 2.24) is 10.3 Å². The van der Waals surface area contributed by atoms with Crippen molar-refractivity contribution in [3.8, 4) is 0 Å². The van der Waals surface area contributed by atoms with Crippen LogP contribution < -0.4 is 5.32 Å². The molecule has 7 nitrogen and oxygen atoms in total. The number of H-pyrrole nitrogens is 1. The van der Waals surface area contributed by atoms with Crippen LogP contribution in [0.15, 0.2) is 0 Å². The van der Waals surface area contributed by atoms with Crippen LogP contribution >= 0.6 is 0 Å². The van der Waals surface area contributed by atoms with E-state index in [0.717, 1.165) is 0 Å². The monoisotopic (exact) mass is 266 g/mol. The summed E-state index contributed by atoms with van der Waals surface area (Å²) in [5.74, 6) is -2.53.